The van der Waals surface area contributed by atoms with Gasteiger partial charge in [-0.1, -0.05) is 89.8 Å². The third kappa shape index (κ3) is 6.85. The third-order valence-electron chi connectivity index (χ3n) is 6.16. The van der Waals surface area contributed by atoms with E-state index in [0.29, 0.717) is 17.7 Å². The summed E-state index contributed by atoms with van der Waals surface area (Å²) in [5, 5.41) is 3.64. The number of ether oxygens (including phenoxy) is 2. The molecule has 0 saturated heterocycles. The Morgan fingerprint density at radius 2 is 1.19 bits per heavy atom. The second-order valence-corrected chi connectivity index (χ2v) is 8.80. The molecule has 0 aromatic heterocycles. The standard InChI is InChI=1S/C29H39FO2/c1-3-5-7-9-11-12-20-31-24-15-17-25-23(22-24)14-16-27-26(25)18-19-28(29(27)30)32-21-13-10-8-6-4-2/h14-19,22H,3-13,20-21H2,1-2H3. The molecular formula is C29H39FO2. The van der Waals surface area contributed by atoms with Crippen molar-refractivity contribution in [3.63, 3.8) is 0 Å². The van der Waals surface area contributed by atoms with Crippen molar-refractivity contribution in [2.75, 3.05) is 13.2 Å². The zero-order valence-electron chi connectivity index (χ0n) is 19.9. The molecule has 0 unspecified atom stereocenters. The molecule has 0 atom stereocenters. The highest BCUT2D eigenvalue weighted by atomic mass is 19.1. The Labute approximate surface area is 193 Å². The highest BCUT2D eigenvalue weighted by Crippen LogP contribution is 2.33. The summed E-state index contributed by atoms with van der Waals surface area (Å²) in [7, 11) is 0. The van der Waals surface area contributed by atoms with E-state index >= 15 is 4.39 Å². The molecule has 3 aromatic carbocycles. The van der Waals surface area contributed by atoms with E-state index in [1.54, 1.807) is 6.07 Å². The van der Waals surface area contributed by atoms with Crippen LogP contribution in [0.25, 0.3) is 21.5 Å². The summed E-state index contributed by atoms with van der Waals surface area (Å²) in [5.74, 6) is 0.974. The lowest BCUT2D eigenvalue weighted by molar-refractivity contribution is 0.291. The molecule has 0 aliphatic rings. The molecule has 0 radical (unpaired) electrons. The van der Waals surface area contributed by atoms with Gasteiger partial charge >= 0.3 is 0 Å². The lowest BCUT2D eigenvalue weighted by atomic mass is 10.0. The average molecular weight is 439 g/mol. The number of halogens is 1. The van der Waals surface area contributed by atoms with Crippen LogP contribution in [0.1, 0.15) is 84.5 Å². The van der Waals surface area contributed by atoms with Gasteiger partial charge in [-0.2, -0.15) is 0 Å². The Bertz CT molecular complexity index is 966. The molecule has 3 rings (SSSR count). The highest BCUT2D eigenvalue weighted by molar-refractivity contribution is 6.08. The molecule has 2 nitrogen and oxygen atoms in total. The van der Waals surface area contributed by atoms with Gasteiger partial charge in [-0.15, -0.1) is 0 Å². The first-order chi connectivity index (χ1) is 15.7. The van der Waals surface area contributed by atoms with Crippen molar-refractivity contribution in [2.24, 2.45) is 0 Å². The van der Waals surface area contributed by atoms with Crippen LogP contribution < -0.4 is 9.47 Å². The molecule has 0 amide bonds. The zero-order valence-corrected chi connectivity index (χ0v) is 19.9. The molecule has 32 heavy (non-hydrogen) atoms. The zero-order chi connectivity index (χ0) is 22.6. The summed E-state index contributed by atoms with van der Waals surface area (Å²) in [5.41, 5.74) is 0. The Morgan fingerprint density at radius 1 is 0.594 bits per heavy atom. The summed E-state index contributed by atoms with van der Waals surface area (Å²) in [6.45, 7) is 5.76. The van der Waals surface area contributed by atoms with Crippen LogP contribution in [0.4, 0.5) is 4.39 Å². The van der Waals surface area contributed by atoms with E-state index in [1.807, 2.05) is 30.3 Å². The van der Waals surface area contributed by atoms with Crippen LogP contribution in [0.15, 0.2) is 42.5 Å². The first-order valence-electron chi connectivity index (χ1n) is 12.6. The van der Waals surface area contributed by atoms with E-state index in [9.17, 15) is 0 Å². The third-order valence-corrected chi connectivity index (χ3v) is 6.16. The molecule has 0 aliphatic carbocycles. The number of hydrogen-bond donors (Lipinski definition) is 0. The Kier molecular flexibility index (Phi) is 10.1. The molecule has 0 fully saturated rings. The van der Waals surface area contributed by atoms with Crippen LogP contribution in [-0.2, 0) is 0 Å². The summed E-state index contributed by atoms with van der Waals surface area (Å²) in [6.07, 6.45) is 13.3. The lowest BCUT2D eigenvalue weighted by Crippen LogP contribution is -2.00. The van der Waals surface area contributed by atoms with E-state index in [-0.39, 0.29) is 5.82 Å². The summed E-state index contributed by atoms with van der Waals surface area (Å²) in [4.78, 5) is 0. The van der Waals surface area contributed by atoms with E-state index in [0.717, 1.165) is 47.8 Å². The monoisotopic (exact) mass is 438 g/mol. The normalized spacial score (nSPS) is 11.3. The number of unbranched alkanes of at least 4 members (excludes halogenated alkanes) is 9. The van der Waals surface area contributed by atoms with Crippen molar-refractivity contribution < 1.29 is 13.9 Å². The van der Waals surface area contributed by atoms with Crippen LogP contribution in [0.3, 0.4) is 0 Å². The van der Waals surface area contributed by atoms with E-state index in [2.05, 4.69) is 19.9 Å². The van der Waals surface area contributed by atoms with Gasteiger partial charge in [0.05, 0.1) is 13.2 Å². The van der Waals surface area contributed by atoms with Gasteiger partial charge in [-0.25, -0.2) is 4.39 Å². The number of fused-ring (bicyclic) bond motifs is 3. The van der Waals surface area contributed by atoms with Crippen LogP contribution >= 0.6 is 0 Å². The Hall–Kier alpha value is -2.29. The van der Waals surface area contributed by atoms with Crippen LogP contribution in [-0.4, -0.2) is 13.2 Å². The van der Waals surface area contributed by atoms with Crippen molar-refractivity contribution >= 4 is 21.5 Å². The molecule has 0 bridgehead atoms. The largest absolute Gasteiger partial charge is 0.494 e. The Morgan fingerprint density at radius 3 is 1.91 bits per heavy atom. The maximum absolute atomic E-state index is 15.1. The first-order valence-corrected chi connectivity index (χ1v) is 12.6. The molecule has 0 saturated carbocycles. The molecule has 174 valence electrons. The molecule has 0 N–H and O–H groups in total. The van der Waals surface area contributed by atoms with Gasteiger partial charge in [0.25, 0.3) is 0 Å². The van der Waals surface area contributed by atoms with Gasteiger partial charge in [-0.05, 0) is 53.3 Å². The highest BCUT2D eigenvalue weighted by Gasteiger charge is 2.11. The summed E-state index contributed by atoms with van der Waals surface area (Å²) >= 11 is 0. The van der Waals surface area contributed by atoms with Gasteiger partial charge in [0.1, 0.15) is 5.75 Å². The van der Waals surface area contributed by atoms with Gasteiger partial charge in [0.15, 0.2) is 11.6 Å². The van der Waals surface area contributed by atoms with E-state index < -0.39 is 0 Å². The van der Waals surface area contributed by atoms with Crippen LogP contribution in [0.2, 0.25) is 0 Å². The van der Waals surface area contributed by atoms with Crippen LogP contribution in [0, 0.1) is 5.82 Å². The van der Waals surface area contributed by atoms with Gasteiger partial charge in [0.2, 0.25) is 0 Å². The smallest absolute Gasteiger partial charge is 0.172 e. The summed E-state index contributed by atoms with van der Waals surface area (Å²) < 4.78 is 26.8. The first kappa shape index (κ1) is 24.4. The summed E-state index contributed by atoms with van der Waals surface area (Å²) in [6, 6.07) is 13.7. The number of rotatable bonds is 15. The Balaban J connectivity index is 1.60. The molecule has 0 spiro atoms. The van der Waals surface area contributed by atoms with E-state index in [4.69, 9.17) is 9.47 Å². The van der Waals surface area contributed by atoms with Crippen molar-refractivity contribution in [1.29, 1.82) is 0 Å². The molecule has 3 heteroatoms. The molecule has 0 aliphatic heterocycles. The number of benzene rings is 3. The van der Waals surface area contributed by atoms with Crippen LogP contribution in [0.5, 0.6) is 11.5 Å². The van der Waals surface area contributed by atoms with E-state index in [1.165, 1.54) is 51.4 Å². The fourth-order valence-electron chi connectivity index (χ4n) is 4.23. The maximum atomic E-state index is 15.1. The topological polar surface area (TPSA) is 18.5 Å². The van der Waals surface area contributed by atoms with Crippen molar-refractivity contribution in [1.82, 2.24) is 0 Å². The minimum Gasteiger partial charge on any atom is -0.494 e. The molecule has 3 aromatic rings. The maximum Gasteiger partial charge on any atom is 0.172 e. The van der Waals surface area contributed by atoms with Crippen molar-refractivity contribution in [2.45, 2.75) is 84.5 Å². The van der Waals surface area contributed by atoms with Crippen molar-refractivity contribution in [3.8, 4) is 11.5 Å². The minimum atomic E-state index is -0.263. The quantitative estimate of drug-likeness (QED) is 0.174. The lowest BCUT2D eigenvalue weighted by Gasteiger charge is -2.12. The SMILES string of the molecule is CCCCCCCCOc1ccc2c(ccc3c(F)c(OCCCCCCC)ccc32)c1. The fraction of sp³-hybridized carbons (Fsp3) is 0.517. The predicted molar refractivity (Wildman–Crippen MR) is 135 cm³/mol. The predicted octanol–water partition coefficient (Wildman–Crippen LogP) is 9.22. The van der Waals surface area contributed by atoms with Gasteiger partial charge in [-0.3, -0.25) is 0 Å². The average Bonchev–Trinajstić information content (AvgIpc) is 2.81. The second kappa shape index (κ2) is 13.3. The molecule has 0 heterocycles. The minimum absolute atomic E-state index is 0.263. The van der Waals surface area contributed by atoms with Gasteiger partial charge in [0, 0.05) is 5.39 Å². The molecular weight excluding hydrogens is 399 g/mol. The van der Waals surface area contributed by atoms with Crippen molar-refractivity contribution in [3.05, 3.63) is 48.3 Å². The second-order valence-electron chi connectivity index (χ2n) is 8.80. The van der Waals surface area contributed by atoms with Gasteiger partial charge < -0.3 is 9.47 Å². The fourth-order valence-corrected chi connectivity index (χ4v) is 4.23. The number of hydrogen-bond acceptors (Lipinski definition) is 2.